The van der Waals surface area contributed by atoms with E-state index in [2.05, 4.69) is 0 Å². The van der Waals surface area contributed by atoms with Gasteiger partial charge in [0.15, 0.2) is 0 Å². The predicted molar refractivity (Wildman–Crippen MR) is 58.4 cm³/mol. The van der Waals surface area contributed by atoms with Gasteiger partial charge in [0.05, 0.1) is 0 Å². The topological polar surface area (TPSA) is 74.6 Å². The van der Waals surface area contributed by atoms with Gasteiger partial charge in [0, 0.05) is 12.8 Å². The summed E-state index contributed by atoms with van der Waals surface area (Å²) in [6.45, 7) is 0. The Bertz CT molecular complexity index is 347. The van der Waals surface area contributed by atoms with Crippen LogP contribution >= 0.6 is 0 Å². The molecule has 16 heavy (non-hydrogen) atoms. The van der Waals surface area contributed by atoms with Crippen LogP contribution in [0.15, 0.2) is 24.3 Å². The van der Waals surface area contributed by atoms with Gasteiger partial charge >= 0.3 is 11.9 Å². The van der Waals surface area contributed by atoms with E-state index in [1.54, 1.807) is 0 Å². The molecule has 1 aromatic carbocycles. The number of carbonyl (C=O) groups is 2. The normalized spacial score (nSPS) is 10.0. The van der Waals surface area contributed by atoms with E-state index < -0.39 is 11.9 Å². The zero-order valence-corrected chi connectivity index (χ0v) is 8.85. The minimum Gasteiger partial charge on any atom is -0.481 e. The van der Waals surface area contributed by atoms with Gasteiger partial charge in [-0.3, -0.25) is 9.59 Å². The highest BCUT2D eigenvalue weighted by Crippen LogP contribution is 2.13. The second-order valence-electron chi connectivity index (χ2n) is 3.56. The summed E-state index contributed by atoms with van der Waals surface area (Å²) in [7, 11) is 0. The number of aryl methyl sites for hydroxylation is 2. The zero-order chi connectivity index (χ0) is 12.0. The molecular weight excluding hydrogens is 208 g/mol. The summed E-state index contributed by atoms with van der Waals surface area (Å²) in [5.74, 6) is -1.68. The number of rotatable bonds is 6. The van der Waals surface area contributed by atoms with E-state index in [4.69, 9.17) is 10.2 Å². The van der Waals surface area contributed by atoms with Gasteiger partial charge in [-0.1, -0.05) is 24.3 Å². The molecule has 0 aliphatic rings. The number of carboxylic acids is 2. The number of carboxylic acid groups (broad SMARTS) is 2. The van der Waals surface area contributed by atoms with Crippen LogP contribution in [0.5, 0.6) is 0 Å². The van der Waals surface area contributed by atoms with Crippen LogP contribution < -0.4 is 0 Å². The van der Waals surface area contributed by atoms with Crippen LogP contribution in [-0.2, 0) is 22.4 Å². The molecule has 0 aromatic heterocycles. The van der Waals surface area contributed by atoms with Crippen molar-refractivity contribution in [2.24, 2.45) is 0 Å². The summed E-state index contributed by atoms with van der Waals surface area (Å²) in [6.07, 6.45) is 1.05. The quantitative estimate of drug-likeness (QED) is 0.768. The fraction of sp³-hybridized carbons (Fsp3) is 0.333. The van der Waals surface area contributed by atoms with Crippen LogP contribution in [-0.4, -0.2) is 22.2 Å². The van der Waals surface area contributed by atoms with Crippen LogP contribution in [0.4, 0.5) is 0 Å². The lowest BCUT2D eigenvalue weighted by atomic mass is 9.99. The Morgan fingerprint density at radius 2 is 1.25 bits per heavy atom. The summed E-state index contributed by atoms with van der Waals surface area (Å²) in [5, 5.41) is 17.2. The SMILES string of the molecule is O=C(O)CCc1ccccc1CCC(=O)O. The first-order valence-electron chi connectivity index (χ1n) is 5.10. The molecule has 86 valence electrons. The van der Waals surface area contributed by atoms with Crippen molar-refractivity contribution in [1.82, 2.24) is 0 Å². The number of hydrogen-bond acceptors (Lipinski definition) is 2. The highest BCUT2D eigenvalue weighted by atomic mass is 16.4. The Kier molecular flexibility index (Phi) is 4.51. The van der Waals surface area contributed by atoms with Crippen LogP contribution in [0.3, 0.4) is 0 Å². The molecule has 2 N–H and O–H groups in total. The van der Waals surface area contributed by atoms with E-state index in [9.17, 15) is 9.59 Å². The smallest absolute Gasteiger partial charge is 0.303 e. The molecule has 0 saturated carbocycles. The average molecular weight is 222 g/mol. The molecule has 0 aliphatic heterocycles. The molecule has 0 radical (unpaired) electrons. The van der Waals surface area contributed by atoms with Gasteiger partial charge in [0.1, 0.15) is 0 Å². The van der Waals surface area contributed by atoms with E-state index >= 15 is 0 Å². The van der Waals surface area contributed by atoms with Crippen LogP contribution in [0.2, 0.25) is 0 Å². The fourth-order valence-corrected chi connectivity index (χ4v) is 1.53. The van der Waals surface area contributed by atoms with Crippen molar-refractivity contribution >= 4 is 11.9 Å². The van der Waals surface area contributed by atoms with Gasteiger partial charge in [-0.05, 0) is 24.0 Å². The molecule has 0 aliphatic carbocycles. The lowest BCUT2D eigenvalue weighted by Crippen LogP contribution is -2.03. The maximum atomic E-state index is 10.5. The Morgan fingerprint density at radius 3 is 1.56 bits per heavy atom. The number of hydrogen-bond donors (Lipinski definition) is 2. The molecule has 0 amide bonds. The molecular formula is C12H14O4. The number of aliphatic carboxylic acids is 2. The van der Waals surface area contributed by atoms with Gasteiger partial charge in [0.25, 0.3) is 0 Å². The van der Waals surface area contributed by atoms with Gasteiger partial charge < -0.3 is 10.2 Å². The van der Waals surface area contributed by atoms with Crippen LogP contribution in [0.1, 0.15) is 24.0 Å². The van der Waals surface area contributed by atoms with Crippen molar-refractivity contribution < 1.29 is 19.8 Å². The van der Waals surface area contributed by atoms with Crippen molar-refractivity contribution in [2.45, 2.75) is 25.7 Å². The highest BCUT2D eigenvalue weighted by molar-refractivity contribution is 5.68. The molecule has 1 rings (SSSR count). The monoisotopic (exact) mass is 222 g/mol. The summed E-state index contributed by atoms with van der Waals surface area (Å²) in [6, 6.07) is 7.36. The Labute approximate surface area is 93.5 Å². The molecule has 1 aromatic rings. The molecule has 0 atom stereocenters. The molecule has 4 heteroatoms. The van der Waals surface area contributed by atoms with Crippen molar-refractivity contribution in [3.8, 4) is 0 Å². The molecule has 0 unspecified atom stereocenters. The van der Waals surface area contributed by atoms with E-state index in [0.717, 1.165) is 11.1 Å². The summed E-state index contributed by atoms with van der Waals surface area (Å²) >= 11 is 0. The van der Waals surface area contributed by atoms with Gasteiger partial charge in [-0.15, -0.1) is 0 Å². The van der Waals surface area contributed by atoms with Crippen LogP contribution in [0.25, 0.3) is 0 Å². The molecule has 0 bridgehead atoms. The summed E-state index contributed by atoms with van der Waals surface area (Å²) in [4.78, 5) is 20.9. The average Bonchev–Trinajstić information content (AvgIpc) is 2.24. The largest absolute Gasteiger partial charge is 0.481 e. The van der Waals surface area contributed by atoms with Crippen molar-refractivity contribution in [3.05, 3.63) is 35.4 Å². The van der Waals surface area contributed by atoms with Gasteiger partial charge in [-0.25, -0.2) is 0 Å². The summed E-state index contributed by atoms with van der Waals surface area (Å²) < 4.78 is 0. The Balaban J connectivity index is 2.67. The summed E-state index contributed by atoms with van der Waals surface area (Å²) in [5.41, 5.74) is 1.84. The van der Waals surface area contributed by atoms with Crippen molar-refractivity contribution in [1.29, 1.82) is 0 Å². The first kappa shape index (κ1) is 12.2. The standard InChI is InChI=1S/C12H14O4/c13-11(14)7-5-9-3-1-2-4-10(9)6-8-12(15)16/h1-4H,5-8H2,(H,13,14)(H,15,16). The first-order valence-corrected chi connectivity index (χ1v) is 5.10. The molecule has 0 saturated heterocycles. The van der Waals surface area contributed by atoms with Gasteiger partial charge in [-0.2, -0.15) is 0 Å². The minimum atomic E-state index is -0.840. The highest BCUT2D eigenvalue weighted by Gasteiger charge is 2.06. The second kappa shape index (κ2) is 5.90. The van der Waals surface area contributed by atoms with E-state index in [1.165, 1.54) is 0 Å². The number of benzene rings is 1. The van der Waals surface area contributed by atoms with Crippen molar-refractivity contribution in [3.63, 3.8) is 0 Å². The zero-order valence-electron chi connectivity index (χ0n) is 8.85. The van der Waals surface area contributed by atoms with Crippen LogP contribution in [0, 0.1) is 0 Å². The first-order chi connectivity index (χ1) is 7.59. The Morgan fingerprint density at radius 1 is 0.875 bits per heavy atom. The molecule has 0 heterocycles. The third kappa shape index (κ3) is 4.13. The fourth-order valence-electron chi connectivity index (χ4n) is 1.53. The predicted octanol–water partition coefficient (Wildman–Crippen LogP) is 1.72. The third-order valence-corrected chi connectivity index (χ3v) is 2.33. The van der Waals surface area contributed by atoms with E-state index in [-0.39, 0.29) is 12.8 Å². The molecule has 0 fully saturated rings. The van der Waals surface area contributed by atoms with E-state index in [0.29, 0.717) is 12.8 Å². The lowest BCUT2D eigenvalue weighted by Gasteiger charge is -2.06. The maximum Gasteiger partial charge on any atom is 0.303 e. The molecule has 0 spiro atoms. The Hall–Kier alpha value is -1.84. The van der Waals surface area contributed by atoms with Crippen molar-refractivity contribution in [2.75, 3.05) is 0 Å². The lowest BCUT2D eigenvalue weighted by molar-refractivity contribution is -0.138. The second-order valence-corrected chi connectivity index (χ2v) is 3.56. The maximum absolute atomic E-state index is 10.5. The van der Waals surface area contributed by atoms with E-state index in [1.807, 2.05) is 24.3 Å². The molecule has 4 nitrogen and oxygen atoms in total. The van der Waals surface area contributed by atoms with Gasteiger partial charge in [0.2, 0.25) is 0 Å². The minimum absolute atomic E-state index is 0.0735. The third-order valence-electron chi connectivity index (χ3n) is 2.33.